The van der Waals surface area contributed by atoms with Gasteiger partial charge in [-0.15, -0.1) is 12.4 Å². The van der Waals surface area contributed by atoms with Gasteiger partial charge in [0.15, 0.2) is 11.6 Å². The van der Waals surface area contributed by atoms with E-state index < -0.39 is 0 Å². The zero-order valence-corrected chi connectivity index (χ0v) is 14.4. The van der Waals surface area contributed by atoms with E-state index in [1.54, 1.807) is 6.07 Å². The number of benzene rings is 1. The van der Waals surface area contributed by atoms with Crippen molar-refractivity contribution in [1.29, 1.82) is 0 Å². The van der Waals surface area contributed by atoms with Crippen LogP contribution in [-0.2, 0) is 9.53 Å². The Bertz CT molecular complexity index is 583. The van der Waals surface area contributed by atoms with Crippen LogP contribution in [0.15, 0.2) is 18.2 Å². The van der Waals surface area contributed by atoms with Crippen molar-refractivity contribution in [1.82, 2.24) is 4.90 Å². The van der Waals surface area contributed by atoms with Crippen molar-refractivity contribution < 1.29 is 18.7 Å². The molecule has 0 unspecified atom stereocenters. The van der Waals surface area contributed by atoms with Gasteiger partial charge >= 0.3 is 5.97 Å². The number of hydrogen-bond acceptors (Lipinski definition) is 4. The maximum atomic E-state index is 14.1. The van der Waals surface area contributed by atoms with E-state index in [9.17, 15) is 9.18 Å². The zero-order valence-electron chi connectivity index (χ0n) is 13.6. The number of hydrogen-bond donors (Lipinski definition) is 0. The molecule has 4 atom stereocenters. The van der Waals surface area contributed by atoms with Crippen molar-refractivity contribution in [2.24, 2.45) is 5.92 Å². The van der Waals surface area contributed by atoms with Crippen molar-refractivity contribution >= 4 is 18.4 Å². The standard InChI is InChI=1S/C17H22FNO3.ClH/c1-19-11-5-6-14(19)16(17(20)22-3)12(9-11)10-4-7-15(21-2)13(18)8-10;/h4,7-8,11-12,14,16H,5-6,9H2,1-3H3;1H/t11-,12+,14+,16-;/m0./s1. The molecule has 2 bridgehead atoms. The number of halogens is 2. The van der Waals surface area contributed by atoms with Crippen molar-refractivity contribution in [3.8, 4) is 5.75 Å². The minimum absolute atomic E-state index is 0. The van der Waals surface area contributed by atoms with E-state index in [0.717, 1.165) is 24.8 Å². The molecular weight excluding hydrogens is 321 g/mol. The maximum absolute atomic E-state index is 14.1. The van der Waals surface area contributed by atoms with Crippen LogP contribution in [0.25, 0.3) is 0 Å². The Morgan fingerprint density at radius 2 is 2.04 bits per heavy atom. The van der Waals surface area contributed by atoms with E-state index in [-0.39, 0.29) is 47.8 Å². The highest BCUT2D eigenvalue weighted by Gasteiger charge is 2.49. The van der Waals surface area contributed by atoms with Crippen molar-refractivity contribution in [3.05, 3.63) is 29.6 Å². The van der Waals surface area contributed by atoms with Gasteiger partial charge in [-0.25, -0.2) is 4.39 Å². The van der Waals surface area contributed by atoms with E-state index in [4.69, 9.17) is 9.47 Å². The molecule has 2 fully saturated rings. The highest BCUT2D eigenvalue weighted by molar-refractivity contribution is 5.85. The molecule has 2 saturated heterocycles. The summed E-state index contributed by atoms with van der Waals surface area (Å²) in [5.41, 5.74) is 0.860. The Hall–Kier alpha value is -1.33. The topological polar surface area (TPSA) is 38.8 Å². The molecule has 6 heteroatoms. The number of ether oxygens (including phenoxy) is 2. The van der Waals surface area contributed by atoms with Crippen LogP contribution in [0.5, 0.6) is 5.75 Å². The summed E-state index contributed by atoms with van der Waals surface area (Å²) in [6, 6.07) is 5.65. The quantitative estimate of drug-likeness (QED) is 0.791. The number of carbonyl (C=O) groups is 1. The molecular formula is C17H23ClFNO3. The van der Waals surface area contributed by atoms with Crippen LogP contribution in [-0.4, -0.2) is 44.2 Å². The molecule has 0 saturated carbocycles. The minimum atomic E-state index is -0.380. The normalized spacial score (nSPS) is 29.7. The first kappa shape index (κ1) is 18.0. The summed E-state index contributed by atoms with van der Waals surface area (Å²) in [5.74, 6) is -0.578. The van der Waals surface area contributed by atoms with Gasteiger partial charge in [0.25, 0.3) is 0 Å². The fourth-order valence-electron chi connectivity index (χ4n) is 4.18. The van der Waals surface area contributed by atoms with Gasteiger partial charge in [-0.1, -0.05) is 6.07 Å². The summed E-state index contributed by atoms with van der Waals surface area (Å²) >= 11 is 0. The minimum Gasteiger partial charge on any atom is -0.494 e. The van der Waals surface area contributed by atoms with Crippen molar-refractivity contribution in [2.45, 2.75) is 37.3 Å². The third-order valence-electron chi connectivity index (χ3n) is 5.35. The second-order valence-electron chi connectivity index (χ2n) is 6.25. The Morgan fingerprint density at radius 3 is 2.65 bits per heavy atom. The third kappa shape index (κ3) is 3.04. The molecule has 2 heterocycles. The molecule has 0 aromatic heterocycles. The smallest absolute Gasteiger partial charge is 0.310 e. The van der Waals surface area contributed by atoms with Gasteiger partial charge in [-0.05, 0) is 44.0 Å². The van der Waals surface area contributed by atoms with Crippen LogP contribution in [0.3, 0.4) is 0 Å². The molecule has 0 spiro atoms. The van der Waals surface area contributed by atoms with Gasteiger partial charge in [-0.2, -0.15) is 0 Å². The molecule has 4 nitrogen and oxygen atoms in total. The van der Waals surface area contributed by atoms with Crippen LogP contribution in [0, 0.1) is 11.7 Å². The number of carbonyl (C=O) groups excluding carboxylic acids is 1. The summed E-state index contributed by atoms with van der Waals surface area (Å²) < 4.78 is 24.1. The molecule has 3 rings (SSSR count). The predicted molar refractivity (Wildman–Crippen MR) is 87.6 cm³/mol. The van der Waals surface area contributed by atoms with E-state index in [2.05, 4.69) is 11.9 Å². The van der Waals surface area contributed by atoms with E-state index in [1.165, 1.54) is 20.3 Å². The van der Waals surface area contributed by atoms with E-state index in [1.807, 2.05) is 6.07 Å². The van der Waals surface area contributed by atoms with Crippen molar-refractivity contribution in [2.75, 3.05) is 21.3 Å². The molecule has 23 heavy (non-hydrogen) atoms. The van der Waals surface area contributed by atoms with Crippen molar-refractivity contribution in [3.63, 3.8) is 0 Å². The maximum Gasteiger partial charge on any atom is 0.310 e. The van der Waals surface area contributed by atoms with Gasteiger partial charge < -0.3 is 9.47 Å². The van der Waals surface area contributed by atoms with E-state index >= 15 is 0 Å². The first-order chi connectivity index (χ1) is 10.6. The molecule has 0 amide bonds. The van der Waals surface area contributed by atoms with Crippen LogP contribution >= 0.6 is 12.4 Å². The molecule has 2 aliphatic rings. The van der Waals surface area contributed by atoms with Gasteiger partial charge in [-0.3, -0.25) is 9.69 Å². The highest BCUT2D eigenvalue weighted by Crippen LogP contribution is 2.47. The Kier molecular flexibility index (Phi) is 5.53. The summed E-state index contributed by atoms with van der Waals surface area (Å²) in [6.45, 7) is 0. The summed E-state index contributed by atoms with van der Waals surface area (Å²) in [5, 5.41) is 0. The SMILES string of the molecule is COC(=O)[C@H]1[C@@H](c2ccc(OC)c(F)c2)C[C@@H]2CC[C@H]1N2C.Cl. The number of esters is 1. The largest absolute Gasteiger partial charge is 0.494 e. The Morgan fingerprint density at radius 1 is 1.30 bits per heavy atom. The average molecular weight is 344 g/mol. The number of piperidine rings is 1. The lowest BCUT2D eigenvalue weighted by Crippen LogP contribution is -2.49. The lowest BCUT2D eigenvalue weighted by atomic mass is 9.76. The Balaban J connectivity index is 0.00000192. The molecule has 1 aromatic rings. The van der Waals surface area contributed by atoms with E-state index in [0.29, 0.717) is 6.04 Å². The van der Waals surface area contributed by atoms with Crippen LogP contribution in [0.1, 0.15) is 30.7 Å². The fourth-order valence-corrected chi connectivity index (χ4v) is 4.18. The highest BCUT2D eigenvalue weighted by atomic mass is 35.5. The molecule has 2 aliphatic heterocycles. The van der Waals surface area contributed by atoms with Gasteiger partial charge in [0.05, 0.1) is 20.1 Å². The van der Waals surface area contributed by atoms with Gasteiger partial charge in [0.2, 0.25) is 0 Å². The van der Waals surface area contributed by atoms with Crippen LogP contribution in [0.2, 0.25) is 0 Å². The molecule has 0 radical (unpaired) electrons. The zero-order chi connectivity index (χ0) is 15.9. The number of nitrogens with zero attached hydrogens (tertiary/aromatic N) is 1. The molecule has 128 valence electrons. The molecule has 0 aliphatic carbocycles. The molecule has 0 N–H and O–H groups in total. The first-order valence-corrected chi connectivity index (χ1v) is 7.70. The first-order valence-electron chi connectivity index (χ1n) is 7.70. The fraction of sp³-hybridized carbons (Fsp3) is 0.588. The summed E-state index contributed by atoms with van der Waals surface area (Å²) in [7, 11) is 4.95. The lowest BCUT2D eigenvalue weighted by Gasteiger charge is -2.41. The number of rotatable bonds is 3. The monoisotopic (exact) mass is 343 g/mol. The molecule has 1 aromatic carbocycles. The summed E-state index contributed by atoms with van der Waals surface area (Å²) in [6.07, 6.45) is 2.94. The van der Waals surface area contributed by atoms with Gasteiger partial charge in [0, 0.05) is 18.0 Å². The summed E-state index contributed by atoms with van der Waals surface area (Å²) in [4.78, 5) is 14.6. The third-order valence-corrected chi connectivity index (χ3v) is 5.35. The lowest BCUT2D eigenvalue weighted by molar-refractivity contribution is -0.150. The Labute approximate surface area is 142 Å². The number of fused-ring (bicyclic) bond motifs is 2. The number of methoxy groups -OCH3 is 2. The average Bonchev–Trinajstić information content (AvgIpc) is 2.76. The van der Waals surface area contributed by atoms with Gasteiger partial charge in [0.1, 0.15) is 0 Å². The predicted octanol–water partition coefficient (Wildman–Crippen LogP) is 3.00. The van der Waals surface area contributed by atoms with Crippen LogP contribution in [0.4, 0.5) is 4.39 Å². The van der Waals surface area contributed by atoms with Crippen LogP contribution < -0.4 is 4.74 Å². The second-order valence-corrected chi connectivity index (χ2v) is 6.25. The second kappa shape index (κ2) is 7.05.